The van der Waals surface area contributed by atoms with Gasteiger partial charge in [-0.15, -0.1) is 0 Å². The van der Waals surface area contributed by atoms with Gasteiger partial charge in [0.1, 0.15) is 0 Å². The van der Waals surface area contributed by atoms with Crippen LogP contribution in [0.3, 0.4) is 0 Å². The minimum atomic E-state index is 0.238. The molecule has 0 aliphatic rings. The van der Waals surface area contributed by atoms with E-state index in [1.54, 1.807) is 0 Å². The Morgan fingerprint density at radius 1 is 1.25 bits per heavy atom. The maximum Gasteiger partial charge on any atom is 0.0547 e. The second-order valence-corrected chi connectivity index (χ2v) is 3.25. The van der Waals surface area contributed by atoms with Gasteiger partial charge in [-0.3, -0.25) is 0 Å². The molecule has 0 saturated carbocycles. The van der Waals surface area contributed by atoms with Crippen LogP contribution < -0.4 is 0 Å². The van der Waals surface area contributed by atoms with Gasteiger partial charge >= 0.3 is 0 Å². The van der Waals surface area contributed by atoms with Gasteiger partial charge in [-0.1, -0.05) is 26.2 Å². The molecule has 1 N–H and O–H groups in total. The largest absolute Gasteiger partial charge is 0.396 e. The van der Waals surface area contributed by atoms with Crippen molar-refractivity contribution >= 4 is 0 Å². The van der Waals surface area contributed by atoms with E-state index in [9.17, 15) is 0 Å². The average molecular weight is 174 g/mol. The lowest BCUT2D eigenvalue weighted by Gasteiger charge is -2.11. The summed E-state index contributed by atoms with van der Waals surface area (Å²) in [5.74, 6) is 0. The SMILES string of the molecule is CCCCC[C@H](C)OCCCO. The van der Waals surface area contributed by atoms with E-state index in [0.29, 0.717) is 12.7 Å². The molecule has 2 nitrogen and oxygen atoms in total. The molecule has 2 heteroatoms. The number of hydrogen-bond donors (Lipinski definition) is 1. The van der Waals surface area contributed by atoms with Crippen LogP contribution in [-0.4, -0.2) is 24.4 Å². The molecule has 0 aromatic carbocycles. The van der Waals surface area contributed by atoms with Crippen LogP contribution in [0.2, 0.25) is 0 Å². The fourth-order valence-corrected chi connectivity index (χ4v) is 1.11. The molecule has 0 saturated heterocycles. The standard InChI is InChI=1S/C10H22O2/c1-3-4-5-7-10(2)12-9-6-8-11/h10-11H,3-9H2,1-2H3/t10-/m0/s1. The first-order valence-corrected chi connectivity index (χ1v) is 5.03. The lowest BCUT2D eigenvalue weighted by Crippen LogP contribution is -2.09. The van der Waals surface area contributed by atoms with Crippen LogP contribution in [0, 0.1) is 0 Å². The van der Waals surface area contributed by atoms with E-state index >= 15 is 0 Å². The smallest absolute Gasteiger partial charge is 0.0547 e. The van der Waals surface area contributed by atoms with Gasteiger partial charge in [0.15, 0.2) is 0 Å². The molecule has 0 unspecified atom stereocenters. The molecule has 0 fully saturated rings. The van der Waals surface area contributed by atoms with Gasteiger partial charge in [0, 0.05) is 13.2 Å². The summed E-state index contributed by atoms with van der Waals surface area (Å²) in [7, 11) is 0. The molecule has 0 bridgehead atoms. The first-order valence-electron chi connectivity index (χ1n) is 5.03. The second kappa shape index (κ2) is 9.01. The molecule has 0 rings (SSSR count). The van der Waals surface area contributed by atoms with Crippen LogP contribution in [0.25, 0.3) is 0 Å². The van der Waals surface area contributed by atoms with Crippen molar-refractivity contribution in [3.8, 4) is 0 Å². The molecule has 74 valence electrons. The predicted molar refractivity (Wildman–Crippen MR) is 51.3 cm³/mol. The van der Waals surface area contributed by atoms with Gasteiger partial charge in [0.05, 0.1) is 6.10 Å². The third-order valence-electron chi connectivity index (χ3n) is 1.92. The summed E-state index contributed by atoms with van der Waals surface area (Å²) < 4.78 is 5.47. The first-order chi connectivity index (χ1) is 5.81. The topological polar surface area (TPSA) is 29.5 Å². The van der Waals surface area contributed by atoms with Gasteiger partial charge < -0.3 is 9.84 Å². The number of aliphatic hydroxyl groups is 1. The summed E-state index contributed by atoms with van der Waals surface area (Å²) >= 11 is 0. The summed E-state index contributed by atoms with van der Waals surface area (Å²) in [4.78, 5) is 0. The van der Waals surface area contributed by atoms with Crippen molar-refractivity contribution in [3.63, 3.8) is 0 Å². The van der Waals surface area contributed by atoms with Crippen LogP contribution in [0.15, 0.2) is 0 Å². The van der Waals surface area contributed by atoms with Gasteiger partial charge in [-0.2, -0.15) is 0 Å². The maximum atomic E-state index is 8.51. The van der Waals surface area contributed by atoms with Crippen molar-refractivity contribution in [2.24, 2.45) is 0 Å². The highest BCUT2D eigenvalue weighted by Crippen LogP contribution is 2.06. The maximum absolute atomic E-state index is 8.51. The molecule has 0 heterocycles. The number of unbranched alkanes of at least 4 members (excludes halogenated alkanes) is 2. The van der Waals surface area contributed by atoms with E-state index in [0.717, 1.165) is 12.8 Å². The van der Waals surface area contributed by atoms with Gasteiger partial charge in [0.2, 0.25) is 0 Å². The highest BCUT2D eigenvalue weighted by molar-refractivity contribution is 4.50. The van der Waals surface area contributed by atoms with Crippen LogP contribution in [0.1, 0.15) is 46.0 Å². The van der Waals surface area contributed by atoms with Crippen molar-refractivity contribution in [2.75, 3.05) is 13.2 Å². The Labute approximate surface area is 75.9 Å². The average Bonchev–Trinajstić information content (AvgIpc) is 2.06. The molecule has 0 spiro atoms. The zero-order valence-electron chi connectivity index (χ0n) is 8.38. The van der Waals surface area contributed by atoms with Crippen molar-refractivity contribution in [3.05, 3.63) is 0 Å². The molecular weight excluding hydrogens is 152 g/mol. The van der Waals surface area contributed by atoms with Gasteiger partial charge in [-0.05, 0) is 19.8 Å². The van der Waals surface area contributed by atoms with Crippen molar-refractivity contribution in [2.45, 2.75) is 52.1 Å². The van der Waals surface area contributed by atoms with Crippen LogP contribution in [-0.2, 0) is 4.74 Å². The molecule has 0 aliphatic carbocycles. The van der Waals surface area contributed by atoms with E-state index in [4.69, 9.17) is 9.84 Å². The molecule has 0 aromatic rings. The Kier molecular flexibility index (Phi) is 8.95. The summed E-state index contributed by atoms with van der Waals surface area (Å²) in [6.07, 6.45) is 6.11. The zero-order valence-corrected chi connectivity index (χ0v) is 8.38. The summed E-state index contributed by atoms with van der Waals surface area (Å²) in [6, 6.07) is 0. The summed E-state index contributed by atoms with van der Waals surface area (Å²) in [5, 5.41) is 8.51. The first kappa shape index (κ1) is 11.9. The quantitative estimate of drug-likeness (QED) is 0.572. The Balaban J connectivity index is 3.04. The fraction of sp³-hybridized carbons (Fsp3) is 1.00. The molecule has 0 radical (unpaired) electrons. The third kappa shape index (κ3) is 8.02. The van der Waals surface area contributed by atoms with Crippen LogP contribution in [0.5, 0.6) is 0 Å². The molecule has 12 heavy (non-hydrogen) atoms. The summed E-state index contributed by atoms with van der Waals surface area (Å²) in [5.41, 5.74) is 0. The molecular formula is C10H22O2. The zero-order chi connectivity index (χ0) is 9.23. The Morgan fingerprint density at radius 2 is 2.00 bits per heavy atom. The molecule has 0 amide bonds. The highest BCUT2D eigenvalue weighted by atomic mass is 16.5. The predicted octanol–water partition coefficient (Wildman–Crippen LogP) is 2.35. The molecule has 0 aliphatic heterocycles. The van der Waals surface area contributed by atoms with E-state index < -0.39 is 0 Å². The fourth-order valence-electron chi connectivity index (χ4n) is 1.11. The van der Waals surface area contributed by atoms with E-state index in [1.807, 2.05) is 0 Å². The monoisotopic (exact) mass is 174 g/mol. The Hall–Kier alpha value is -0.0800. The van der Waals surface area contributed by atoms with Gasteiger partial charge in [-0.25, -0.2) is 0 Å². The Morgan fingerprint density at radius 3 is 2.58 bits per heavy atom. The minimum Gasteiger partial charge on any atom is -0.396 e. The normalized spacial score (nSPS) is 13.2. The summed E-state index contributed by atoms with van der Waals surface area (Å²) in [6.45, 7) is 5.25. The number of aliphatic hydroxyl groups excluding tert-OH is 1. The van der Waals surface area contributed by atoms with Crippen molar-refractivity contribution in [1.82, 2.24) is 0 Å². The van der Waals surface area contributed by atoms with Crippen molar-refractivity contribution < 1.29 is 9.84 Å². The number of hydrogen-bond acceptors (Lipinski definition) is 2. The Bertz CT molecular complexity index is 73.9. The van der Waals surface area contributed by atoms with Crippen molar-refractivity contribution in [1.29, 1.82) is 0 Å². The van der Waals surface area contributed by atoms with Crippen LogP contribution >= 0.6 is 0 Å². The lowest BCUT2D eigenvalue weighted by molar-refractivity contribution is 0.0491. The molecule has 1 atom stereocenters. The lowest BCUT2D eigenvalue weighted by atomic mass is 10.1. The van der Waals surface area contributed by atoms with E-state index in [1.165, 1.54) is 19.3 Å². The van der Waals surface area contributed by atoms with E-state index in [-0.39, 0.29) is 6.61 Å². The third-order valence-corrected chi connectivity index (χ3v) is 1.92. The highest BCUT2D eigenvalue weighted by Gasteiger charge is 2.00. The minimum absolute atomic E-state index is 0.238. The number of rotatable bonds is 8. The molecule has 0 aromatic heterocycles. The second-order valence-electron chi connectivity index (χ2n) is 3.25. The number of ether oxygens (including phenoxy) is 1. The van der Waals surface area contributed by atoms with Crippen LogP contribution in [0.4, 0.5) is 0 Å². The van der Waals surface area contributed by atoms with Gasteiger partial charge in [0.25, 0.3) is 0 Å². The van der Waals surface area contributed by atoms with E-state index in [2.05, 4.69) is 13.8 Å².